The van der Waals surface area contributed by atoms with Crippen molar-refractivity contribution in [1.82, 2.24) is 4.98 Å². The number of pyridine rings is 1. The van der Waals surface area contributed by atoms with Crippen molar-refractivity contribution in [3.05, 3.63) is 24.0 Å². The number of unbranched alkanes of at least 4 members (excludes halogenated alkanes) is 1. The molecule has 0 atom stereocenters. The maximum Gasteiger partial charge on any atom is 0.250 e. The Kier molecular flexibility index (Phi) is 4.56. The number of ether oxygens (including phenoxy) is 1. The van der Waals surface area contributed by atoms with Crippen LogP contribution in [0.2, 0.25) is 0 Å². The lowest BCUT2D eigenvalue weighted by atomic mass is 10.2. The van der Waals surface area contributed by atoms with Crippen molar-refractivity contribution in [1.29, 1.82) is 0 Å². The zero-order chi connectivity index (χ0) is 11.1. The maximum absolute atomic E-state index is 10.8. The molecule has 0 radical (unpaired) electrons. The van der Waals surface area contributed by atoms with Gasteiger partial charge in [-0.1, -0.05) is 0 Å². The number of nitrogens with zero attached hydrogens (tertiary/aromatic N) is 1. The molecule has 15 heavy (non-hydrogen) atoms. The highest BCUT2D eigenvalue weighted by molar-refractivity contribution is 5.92. The van der Waals surface area contributed by atoms with E-state index in [9.17, 15) is 4.79 Å². The minimum absolute atomic E-state index is 0.353. The molecule has 1 aromatic rings. The van der Waals surface area contributed by atoms with Gasteiger partial charge in [-0.25, -0.2) is 0 Å². The SMILES string of the molecule is NCCCCOc1cncc(C(N)=O)c1. The molecule has 0 aliphatic heterocycles. The molecule has 0 spiro atoms. The molecule has 1 aromatic heterocycles. The topological polar surface area (TPSA) is 91.2 Å². The van der Waals surface area contributed by atoms with E-state index in [1.54, 1.807) is 12.3 Å². The predicted octanol–water partition coefficient (Wildman–Crippen LogP) is 0.298. The van der Waals surface area contributed by atoms with Crippen molar-refractivity contribution in [3.63, 3.8) is 0 Å². The molecular formula is C10H15N3O2. The summed E-state index contributed by atoms with van der Waals surface area (Å²) < 4.78 is 5.37. The lowest BCUT2D eigenvalue weighted by Gasteiger charge is -2.05. The van der Waals surface area contributed by atoms with Crippen LogP contribution in [0.5, 0.6) is 5.75 Å². The maximum atomic E-state index is 10.8. The van der Waals surface area contributed by atoms with Crippen LogP contribution in [0.15, 0.2) is 18.5 Å². The lowest BCUT2D eigenvalue weighted by Crippen LogP contribution is -2.11. The summed E-state index contributed by atoms with van der Waals surface area (Å²) in [5.41, 5.74) is 10.8. The number of amides is 1. The second-order valence-corrected chi connectivity index (χ2v) is 3.12. The van der Waals surface area contributed by atoms with E-state index in [4.69, 9.17) is 16.2 Å². The average Bonchev–Trinajstić information content (AvgIpc) is 2.25. The Bertz CT molecular complexity index is 328. The fraction of sp³-hybridized carbons (Fsp3) is 0.400. The molecule has 82 valence electrons. The number of hydrogen-bond donors (Lipinski definition) is 2. The fourth-order valence-electron chi connectivity index (χ4n) is 1.07. The number of hydrogen-bond acceptors (Lipinski definition) is 4. The highest BCUT2D eigenvalue weighted by atomic mass is 16.5. The van der Waals surface area contributed by atoms with E-state index in [1.807, 2.05) is 0 Å². The molecule has 0 aliphatic rings. The van der Waals surface area contributed by atoms with Crippen LogP contribution in [-0.2, 0) is 0 Å². The molecule has 0 aliphatic carbocycles. The summed E-state index contributed by atoms with van der Waals surface area (Å²) in [5, 5.41) is 0. The summed E-state index contributed by atoms with van der Waals surface area (Å²) >= 11 is 0. The first-order valence-electron chi connectivity index (χ1n) is 4.81. The number of nitrogens with two attached hydrogens (primary N) is 2. The molecule has 1 heterocycles. The summed E-state index contributed by atoms with van der Waals surface area (Å²) in [6.45, 7) is 1.23. The number of primary amides is 1. The Labute approximate surface area is 88.4 Å². The van der Waals surface area contributed by atoms with Crippen LogP contribution in [0.25, 0.3) is 0 Å². The molecule has 1 rings (SSSR count). The third-order valence-corrected chi connectivity index (χ3v) is 1.86. The normalized spacial score (nSPS) is 9.93. The number of rotatable bonds is 6. The van der Waals surface area contributed by atoms with Crippen molar-refractivity contribution in [2.45, 2.75) is 12.8 Å². The van der Waals surface area contributed by atoms with Gasteiger partial charge in [-0.05, 0) is 25.5 Å². The third kappa shape index (κ3) is 3.95. The summed E-state index contributed by atoms with van der Waals surface area (Å²) in [7, 11) is 0. The molecule has 1 amide bonds. The van der Waals surface area contributed by atoms with Gasteiger partial charge in [0.2, 0.25) is 5.91 Å². The van der Waals surface area contributed by atoms with E-state index in [0.29, 0.717) is 24.5 Å². The van der Waals surface area contributed by atoms with Crippen molar-refractivity contribution in [2.75, 3.05) is 13.2 Å². The second-order valence-electron chi connectivity index (χ2n) is 3.12. The Balaban J connectivity index is 2.47. The summed E-state index contributed by atoms with van der Waals surface area (Å²) in [5.74, 6) is 0.0539. The molecule has 0 saturated heterocycles. The van der Waals surface area contributed by atoms with Gasteiger partial charge in [0.1, 0.15) is 5.75 Å². The van der Waals surface area contributed by atoms with Gasteiger partial charge in [-0.2, -0.15) is 0 Å². The highest BCUT2D eigenvalue weighted by Crippen LogP contribution is 2.11. The fourth-order valence-corrected chi connectivity index (χ4v) is 1.07. The van der Waals surface area contributed by atoms with Crippen LogP contribution < -0.4 is 16.2 Å². The summed E-state index contributed by atoms with van der Waals surface area (Å²) in [6.07, 6.45) is 4.77. The van der Waals surface area contributed by atoms with Gasteiger partial charge < -0.3 is 16.2 Å². The Hall–Kier alpha value is -1.62. The highest BCUT2D eigenvalue weighted by Gasteiger charge is 2.02. The molecular weight excluding hydrogens is 194 g/mol. The van der Waals surface area contributed by atoms with Crippen LogP contribution in [0.1, 0.15) is 23.2 Å². The van der Waals surface area contributed by atoms with E-state index in [-0.39, 0.29) is 0 Å². The van der Waals surface area contributed by atoms with Crippen LogP contribution in [0.4, 0.5) is 0 Å². The molecule has 4 N–H and O–H groups in total. The van der Waals surface area contributed by atoms with Crippen LogP contribution in [0, 0.1) is 0 Å². The van der Waals surface area contributed by atoms with Gasteiger partial charge in [-0.3, -0.25) is 9.78 Å². The van der Waals surface area contributed by atoms with Gasteiger partial charge in [0.15, 0.2) is 0 Å². The van der Waals surface area contributed by atoms with Gasteiger partial charge >= 0.3 is 0 Å². The minimum Gasteiger partial charge on any atom is -0.492 e. The zero-order valence-electron chi connectivity index (χ0n) is 8.48. The first-order chi connectivity index (χ1) is 7.24. The quantitative estimate of drug-likeness (QED) is 0.659. The van der Waals surface area contributed by atoms with E-state index in [1.165, 1.54) is 6.20 Å². The standard InChI is InChI=1S/C10H15N3O2/c11-3-1-2-4-15-9-5-8(10(12)14)6-13-7-9/h5-7H,1-4,11H2,(H2,12,14). The number of carbonyl (C=O) groups excluding carboxylic acids is 1. The van der Waals surface area contributed by atoms with E-state index < -0.39 is 5.91 Å². The molecule has 0 fully saturated rings. The number of carbonyl (C=O) groups is 1. The van der Waals surface area contributed by atoms with Crippen molar-refractivity contribution >= 4 is 5.91 Å². The van der Waals surface area contributed by atoms with Crippen LogP contribution in [-0.4, -0.2) is 24.0 Å². The number of aromatic nitrogens is 1. The van der Waals surface area contributed by atoms with E-state index >= 15 is 0 Å². The molecule has 0 unspecified atom stereocenters. The van der Waals surface area contributed by atoms with Gasteiger partial charge in [0.25, 0.3) is 0 Å². The summed E-state index contributed by atoms with van der Waals surface area (Å²) in [6, 6.07) is 1.58. The van der Waals surface area contributed by atoms with Crippen molar-refractivity contribution < 1.29 is 9.53 Å². The summed E-state index contributed by atoms with van der Waals surface area (Å²) in [4.78, 5) is 14.7. The van der Waals surface area contributed by atoms with Gasteiger partial charge in [0, 0.05) is 6.20 Å². The lowest BCUT2D eigenvalue weighted by molar-refractivity contribution is 0.0999. The van der Waals surface area contributed by atoms with Crippen molar-refractivity contribution in [3.8, 4) is 5.75 Å². The van der Waals surface area contributed by atoms with Crippen LogP contribution >= 0.6 is 0 Å². The average molecular weight is 209 g/mol. The smallest absolute Gasteiger partial charge is 0.250 e. The predicted molar refractivity (Wildman–Crippen MR) is 56.5 cm³/mol. The van der Waals surface area contributed by atoms with Gasteiger partial charge in [-0.15, -0.1) is 0 Å². The Morgan fingerprint density at radius 3 is 2.87 bits per heavy atom. The third-order valence-electron chi connectivity index (χ3n) is 1.86. The molecule has 0 bridgehead atoms. The second kappa shape index (κ2) is 5.98. The zero-order valence-corrected chi connectivity index (χ0v) is 8.48. The molecule has 0 aromatic carbocycles. The molecule has 5 nitrogen and oxygen atoms in total. The molecule has 5 heteroatoms. The van der Waals surface area contributed by atoms with Crippen LogP contribution in [0.3, 0.4) is 0 Å². The van der Waals surface area contributed by atoms with Crippen molar-refractivity contribution in [2.24, 2.45) is 11.5 Å². The monoisotopic (exact) mass is 209 g/mol. The Morgan fingerprint density at radius 2 is 2.20 bits per heavy atom. The molecule has 0 saturated carbocycles. The first kappa shape index (κ1) is 11.5. The minimum atomic E-state index is -0.505. The van der Waals surface area contributed by atoms with E-state index in [0.717, 1.165) is 12.8 Å². The van der Waals surface area contributed by atoms with E-state index in [2.05, 4.69) is 4.98 Å². The first-order valence-corrected chi connectivity index (χ1v) is 4.81. The largest absolute Gasteiger partial charge is 0.492 e. The Morgan fingerprint density at radius 1 is 1.40 bits per heavy atom. The van der Waals surface area contributed by atoms with Gasteiger partial charge in [0.05, 0.1) is 18.4 Å².